The Balaban J connectivity index is 2.32. The van der Waals surface area contributed by atoms with Crippen molar-refractivity contribution in [1.29, 1.82) is 5.26 Å². The predicted octanol–water partition coefficient (Wildman–Crippen LogP) is 1.91. The second-order valence-corrected chi connectivity index (χ2v) is 7.88. The van der Waals surface area contributed by atoms with E-state index in [-0.39, 0.29) is 16.3 Å². The topological polar surface area (TPSA) is 81.5 Å². The largest absolute Gasteiger partial charge is 0.325 e. The smallest absolute Gasteiger partial charge is 0.266 e. The van der Waals surface area contributed by atoms with Crippen molar-refractivity contribution in [2.45, 2.75) is 31.1 Å². The molecular weight excluding hydrogens is 322 g/mol. The number of sulfonamides is 1. The highest BCUT2D eigenvalue weighted by Gasteiger charge is 2.32. The van der Waals surface area contributed by atoms with Crippen molar-refractivity contribution in [3.05, 3.63) is 16.3 Å². The third-order valence-electron chi connectivity index (χ3n) is 3.69. The summed E-state index contributed by atoms with van der Waals surface area (Å²) in [5.74, 6) is -0.394. The average molecular weight is 341 g/mol. The molecule has 1 amide bonds. The van der Waals surface area contributed by atoms with E-state index in [1.54, 1.807) is 12.3 Å². The Bertz CT molecular complexity index is 670. The molecule has 0 atom stereocenters. The summed E-state index contributed by atoms with van der Waals surface area (Å²) < 4.78 is 26.9. The van der Waals surface area contributed by atoms with Crippen LogP contribution in [0.5, 0.6) is 0 Å². The van der Waals surface area contributed by atoms with Crippen LogP contribution in [0, 0.1) is 11.3 Å². The van der Waals surface area contributed by atoms with E-state index in [1.165, 1.54) is 15.3 Å². The molecule has 1 aromatic heterocycles. The molecule has 0 radical (unpaired) electrons. The molecule has 1 aliphatic heterocycles. The average Bonchev–Trinajstić information content (AvgIpc) is 3.03. The van der Waals surface area contributed by atoms with Crippen LogP contribution >= 0.6 is 11.3 Å². The van der Waals surface area contributed by atoms with Crippen molar-refractivity contribution < 1.29 is 13.2 Å². The molecule has 0 bridgehead atoms. The van der Waals surface area contributed by atoms with Gasteiger partial charge in [-0.25, -0.2) is 8.42 Å². The summed E-state index contributed by atoms with van der Waals surface area (Å²) in [7, 11) is -3.64. The number of thiophene rings is 1. The van der Waals surface area contributed by atoms with Gasteiger partial charge in [0.05, 0.1) is 6.07 Å². The summed E-state index contributed by atoms with van der Waals surface area (Å²) in [4.78, 5) is 14.1. The Labute approximate surface area is 135 Å². The molecule has 2 heterocycles. The Kier molecular flexibility index (Phi) is 5.56. The summed E-state index contributed by atoms with van der Waals surface area (Å²) >= 11 is 1.11. The lowest BCUT2D eigenvalue weighted by Crippen LogP contribution is -2.37. The molecular formula is C14H19N3O3S2. The summed E-state index contributed by atoms with van der Waals surface area (Å²) in [5, 5.41) is 10.4. The summed E-state index contributed by atoms with van der Waals surface area (Å²) in [6.07, 6.45) is 2.73. The molecule has 0 N–H and O–H groups in total. The van der Waals surface area contributed by atoms with Gasteiger partial charge in [-0.1, -0.05) is 6.42 Å². The van der Waals surface area contributed by atoms with Crippen LogP contribution in [0.4, 0.5) is 0 Å². The van der Waals surface area contributed by atoms with Crippen LogP contribution in [0.1, 0.15) is 35.9 Å². The monoisotopic (exact) mass is 341 g/mol. The number of carbonyl (C=O) groups is 1. The van der Waals surface area contributed by atoms with E-state index in [1.807, 2.05) is 6.07 Å². The fraction of sp³-hybridized carbons (Fsp3) is 0.571. The Hall–Kier alpha value is -1.43. The molecule has 8 heteroatoms. The van der Waals surface area contributed by atoms with E-state index in [9.17, 15) is 13.2 Å². The van der Waals surface area contributed by atoms with Crippen LogP contribution in [0.15, 0.2) is 16.3 Å². The van der Waals surface area contributed by atoms with E-state index in [2.05, 4.69) is 0 Å². The van der Waals surface area contributed by atoms with Crippen LogP contribution in [-0.2, 0) is 10.0 Å². The van der Waals surface area contributed by atoms with Gasteiger partial charge in [-0.05, 0) is 31.2 Å². The number of amides is 1. The zero-order chi connectivity index (χ0) is 16.2. The molecule has 1 fully saturated rings. The summed E-state index contributed by atoms with van der Waals surface area (Å²) in [6.45, 7) is 3.09. The van der Waals surface area contributed by atoms with Crippen LogP contribution in [0.2, 0.25) is 0 Å². The molecule has 120 valence electrons. The van der Waals surface area contributed by atoms with E-state index < -0.39 is 15.9 Å². The maximum atomic E-state index is 12.7. The van der Waals surface area contributed by atoms with Gasteiger partial charge in [-0.3, -0.25) is 4.79 Å². The first-order valence-corrected chi connectivity index (χ1v) is 9.58. The molecule has 1 aromatic rings. The van der Waals surface area contributed by atoms with Crippen molar-refractivity contribution >= 4 is 27.3 Å². The normalized spacial score (nSPS) is 16.2. The van der Waals surface area contributed by atoms with E-state index in [0.717, 1.165) is 30.6 Å². The number of carbonyl (C=O) groups excluding carboxylic acids is 1. The van der Waals surface area contributed by atoms with E-state index in [4.69, 9.17) is 5.26 Å². The molecule has 0 aromatic carbocycles. The zero-order valence-corrected chi connectivity index (χ0v) is 14.1. The highest BCUT2D eigenvalue weighted by molar-refractivity contribution is 7.89. The van der Waals surface area contributed by atoms with Gasteiger partial charge in [0.2, 0.25) is 10.0 Å². The minimum atomic E-state index is -3.64. The first-order chi connectivity index (χ1) is 10.5. The molecule has 0 saturated carbocycles. The predicted molar refractivity (Wildman–Crippen MR) is 84.1 cm³/mol. The highest BCUT2D eigenvalue weighted by Crippen LogP contribution is 2.28. The molecule has 2 rings (SSSR count). The lowest BCUT2D eigenvalue weighted by molar-refractivity contribution is 0.0785. The molecule has 0 unspecified atom stereocenters. The van der Waals surface area contributed by atoms with Crippen molar-refractivity contribution in [3.8, 4) is 6.07 Å². The van der Waals surface area contributed by atoms with Gasteiger partial charge in [-0.15, -0.1) is 11.3 Å². The van der Waals surface area contributed by atoms with Crippen LogP contribution in [-0.4, -0.2) is 49.7 Å². The fourth-order valence-corrected chi connectivity index (χ4v) is 5.34. The molecule has 0 aliphatic carbocycles. The molecule has 6 nitrogen and oxygen atoms in total. The number of rotatable bonds is 5. The number of piperidine rings is 1. The number of hydrogen-bond donors (Lipinski definition) is 0. The minimum absolute atomic E-state index is 0.0452. The van der Waals surface area contributed by atoms with Crippen molar-refractivity contribution in [2.24, 2.45) is 0 Å². The Morgan fingerprint density at radius 3 is 2.68 bits per heavy atom. The Morgan fingerprint density at radius 2 is 2.09 bits per heavy atom. The molecule has 1 saturated heterocycles. The highest BCUT2D eigenvalue weighted by atomic mass is 32.2. The first-order valence-electron chi connectivity index (χ1n) is 7.26. The van der Waals surface area contributed by atoms with Crippen molar-refractivity contribution in [2.75, 3.05) is 26.2 Å². The lowest BCUT2D eigenvalue weighted by Gasteiger charge is -2.26. The van der Waals surface area contributed by atoms with Crippen LogP contribution in [0.25, 0.3) is 0 Å². The minimum Gasteiger partial charge on any atom is -0.325 e. The van der Waals surface area contributed by atoms with Gasteiger partial charge >= 0.3 is 0 Å². The van der Waals surface area contributed by atoms with Crippen molar-refractivity contribution in [3.63, 3.8) is 0 Å². The standard InChI is InChI=1S/C14H19N3O3S2/c1-2-16(10-7-15)14(18)13-12(6-11-21-13)22(19,20)17-8-4-3-5-9-17/h6,11H,2-5,8-10H2,1H3. The fourth-order valence-electron chi connectivity index (χ4n) is 2.46. The maximum Gasteiger partial charge on any atom is 0.266 e. The van der Waals surface area contributed by atoms with Gasteiger partial charge in [0.15, 0.2) is 0 Å². The van der Waals surface area contributed by atoms with Crippen molar-refractivity contribution in [1.82, 2.24) is 9.21 Å². The van der Waals surface area contributed by atoms with Gasteiger partial charge in [0, 0.05) is 19.6 Å². The zero-order valence-electron chi connectivity index (χ0n) is 12.5. The van der Waals surface area contributed by atoms with Crippen LogP contribution < -0.4 is 0 Å². The number of hydrogen-bond acceptors (Lipinski definition) is 5. The third kappa shape index (κ3) is 3.32. The second-order valence-electron chi connectivity index (χ2n) is 5.06. The van der Waals surface area contributed by atoms with Gasteiger partial charge in [0.1, 0.15) is 16.3 Å². The molecule has 22 heavy (non-hydrogen) atoms. The van der Waals surface area contributed by atoms with E-state index >= 15 is 0 Å². The van der Waals surface area contributed by atoms with Gasteiger partial charge < -0.3 is 4.90 Å². The van der Waals surface area contributed by atoms with Crippen LogP contribution in [0.3, 0.4) is 0 Å². The van der Waals surface area contributed by atoms with E-state index in [0.29, 0.717) is 19.6 Å². The third-order valence-corrected chi connectivity index (χ3v) is 6.66. The van der Waals surface area contributed by atoms with Gasteiger partial charge in [-0.2, -0.15) is 9.57 Å². The number of nitrogens with zero attached hydrogens (tertiary/aromatic N) is 3. The summed E-state index contributed by atoms with van der Waals surface area (Å²) in [6, 6.07) is 3.42. The lowest BCUT2D eigenvalue weighted by atomic mass is 10.2. The molecule has 0 spiro atoms. The number of nitriles is 1. The Morgan fingerprint density at radius 1 is 1.41 bits per heavy atom. The quantitative estimate of drug-likeness (QED) is 0.766. The first kappa shape index (κ1) is 16.9. The SMILES string of the molecule is CCN(CC#N)C(=O)c1sccc1S(=O)(=O)N1CCCCC1. The van der Waals surface area contributed by atoms with Gasteiger partial charge in [0.25, 0.3) is 5.91 Å². The second kappa shape index (κ2) is 7.22. The maximum absolute atomic E-state index is 12.7. The summed E-state index contributed by atoms with van der Waals surface area (Å²) in [5.41, 5.74) is 0. The molecule has 1 aliphatic rings.